The Kier molecular flexibility index (Phi) is 3.50. The molecular formula is C10H4Cl2F3N5. The third-order valence-electron chi connectivity index (χ3n) is 2.34. The Balaban J connectivity index is 2.63. The SMILES string of the molecule is N#Cc1cnn(-c2nc(Cl)c(C(F)(F)F)cc2Cl)c1N. The molecule has 0 saturated heterocycles. The molecule has 0 aliphatic heterocycles. The number of nitrogen functional groups attached to an aromatic ring is 1. The highest BCUT2D eigenvalue weighted by atomic mass is 35.5. The minimum Gasteiger partial charge on any atom is -0.382 e. The second-order valence-electron chi connectivity index (χ2n) is 3.60. The lowest BCUT2D eigenvalue weighted by Crippen LogP contribution is -2.11. The van der Waals surface area contributed by atoms with E-state index in [4.69, 9.17) is 34.2 Å². The molecule has 2 heterocycles. The highest BCUT2D eigenvalue weighted by molar-refractivity contribution is 6.34. The van der Waals surface area contributed by atoms with E-state index in [-0.39, 0.29) is 22.2 Å². The third-order valence-corrected chi connectivity index (χ3v) is 2.91. The predicted molar refractivity (Wildman–Crippen MR) is 65.5 cm³/mol. The van der Waals surface area contributed by atoms with Gasteiger partial charge in [-0.05, 0) is 6.07 Å². The standard InChI is InChI=1S/C10H4Cl2F3N5/c11-6-1-5(10(13,14)15)7(12)19-9(6)20-8(17)4(2-16)3-18-20/h1,3H,17H2. The summed E-state index contributed by atoms with van der Waals surface area (Å²) < 4.78 is 38.8. The number of hydrogen-bond donors (Lipinski definition) is 1. The zero-order valence-corrected chi connectivity index (χ0v) is 10.9. The van der Waals surface area contributed by atoms with Gasteiger partial charge in [-0.15, -0.1) is 0 Å². The molecule has 0 aliphatic carbocycles. The van der Waals surface area contributed by atoms with E-state index in [1.54, 1.807) is 6.07 Å². The Morgan fingerprint density at radius 1 is 1.35 bits per heavy atom. The van der Waals surface area contributed by atoms with Gasteiger partial charge in [-0.2, -0.15) is 28.2 Å². The van der Waals surface area contributed by atoms with Crippen LogP contribution in [0.4, 0.5) is 19.0 Å². The van der Waals surface area contributed by atoms with Crippen molar-refractivity contribution in [2.24, 2.45) is 0 Å². The Morgan fingerprint density at radius 3 is 2.50 bits per heavy atom. The molecule has 0 radical (unpaired) electrons. The van der Waals surface area contributed by atoms with Gasteiger partial charge in [0.05, 0.1) is 16.8 Å². The van der Waals surface area contributed by atoms with Crippen LogP contribution < -0.4 is 5.73 Å². The molecule has 0 fully saturated rings. The molecule has 2 aromatic heterocycles. The second-order valence-corrected chi connectivity index (χ2v) is 4.36. The summed E-state index contributed by atoms with van der Waals surface area (Å²) in [5.74, 6) is -0.290. The van der Waals surface area contributed by atoms with Gasteiger partial charge < -0.3 is 5.73 Å². The fourth-order valence-electron chi connectivity index (χ4n) is 1.42. The van der Waals surface area contributed by atoms with Crippen molar-refractivity contribution in [3.05, 3.63) is 33.6 Å². The molecule has 0 amide bonds. The molecule has 10 heteroatoms. The molecule has 0 unspecified atom stereocenters. The number of rotatable bonds is 1. The van der Waals surface area contributed by atoms with E-state index in [0.717, 1.165) is 10.9 Å². The van der Waals surface area contributed by atoms with Gasteiger partial charge in [0.15, 0.2) is 5.82 Å². The number of nitrogens with two attached hydrogens (primary N) is 1. The molecular weight excluding hydrogens is 318 g/mol. The van der Waals surface area contributed by atoms with Crippen LogP contribution in [0.5, 0.6) is 0 Å². The van der Waals surface area contributed by atoms with Crippen LogP contribution in [-0.4, -0.2) is 14.8 Å². The van der Waals surface area contributed by atoms with Crippen LogP contribution in [0.1, 0.15) is 11.1 Å². The number of hydrogen-bond acceptors (Lipinski definition) is 4. The van der Waals surface area contributed by atoms with E-state index in [1.165, 1.54) is 0 Å². The predicted octanol–water partition coefficient (Wildman–Crippen LogP) is 3.05. The molecule has 2 rings (SSSR count). The molecule has 5 nitrogen and oxygen atoms in total. The molecule has 0 saturated carbocycles. The molecule has 20 heavy (non-hydrogen) atoms. The summed E-state index contributed by atoms with van der Waals surface area (Å²) >= 11 is 11.2. The van der Waals surface area contributed by atoms with Gasteiger partial charge in [-0.25, -0.2) is 4.98 Å². The van der Waals surface area contributed by atoms with Crippen molar-refractivity contribution in [2.45, 2.75) is 6.18 Å². The number of nitrogens with zero attached hydrogens (tertiary/aromatic N) is 4. The van der Waals surface area contributed by atoms with Crippen LogP contribution in [0, 0.1) is 11.3 Å². The van der Waals surface area contributed by atoms with Gasteiger partial charge in [0.25, 0.3) is 0 Å². The minimum atomic E-state index is -4.68. The van der Waals surface area contributed by atoms with E-state index in [9.17, 15) is 13.2 Å². The molecule has 0 atom stereocenters. The maximum atomic E-state index is 12.6. The van der Waals surface area contributed by atoms with Crippen molar-refractivity contribution in [1.82, 2.24) is 14.8 Å². The van der Waals surface area contributed by atoms with Crippen molar-refractivity contribution < 1.29 is 13.2 Å². The summed E-state index contributed by atoms with van der Waals surface area (Å²) in [6.45, 7) is 0. The number of nitriles is 1. The number of halogens is 5. The Hall–Kier alpha value is -1.98. The lowest BCUT2D eigenvalue weighted by atomic mass is 10.2. The number of anilines is 1. The van der Waals surface area contributed by atoms with E-state index in [1.807, 2.05) is 0 Å². The zero-order valence-electron chi connectivity index (χ0n) is 9.41. The van der Waals surface area contributed by atoms with Crippen molar-refractivity contribution in [1.29, 1.82) is 5.26 Å². The van der Waals surface area contributed by atoms with Crippen molar-refractivity contribution in [2.75, 3.05) is 5.73 Å². The quantitative estimate of drug-likeness (QED) is 0.818. The van der Waals surface area contributed by atoms with Crippen LogP contribution in [0.3, 0.4) is 0 Å². The van der Waals surface area contributed by atoms with Crippen LogP contribution in [0.15, 0.2) is 12.3 Å². The smallest absolute Gasteiger partial charge is 0.382 e. The molecule has 104 valence electrons. The molecule has 2 N–H and O–H groups in total. The molecule has 0 aliphatic rings. The van der Waals surface area contributed by atoms with E-state index < -0.39 is 16.9 Å². The van der Waals surface area contributed by atoms with Gasteiger partial charge in [0.1, 0.15) is 22.6 Å². The topological polar surface area (TPSA) is 80.5 Å². The summed E-state index contributed by atoms with van der Waals surface area (Å²) in [6, 6.07) is 2.39. The molecule has 0 spiro atoms. The Labute approximate surface area is 120 Å². The zero-order chi connectivity index (χ0) is 15.1. The van der Waals surface area contributed by atoms with E-state index in [2.05, 4.69) is 10.1 Å². The summed E-state index contributed by atoms with van der Waals surface area (Å²) in [5, 5.41) is 11.3. The van der Waals surface area contributed by atoms with Gasteiger partial charge in [-0.3, -0.25) is 0 Å². The average Bonchev–Trinajstić information content (AvgIpc) is 2.71. The Bertz CT molecular complexity index is 717. The van der Waals surface area contributed by atoms with Crippen molar-refractivity contribution in [3.8, 4) is 11.9 Å². The second kappa shape index (κ2) is 4.85. The van der Waals surface area contributed by atoms with E-state index in [0.29, 0.717) is 6.07 Å². The number of pyridine rings is 1. The van der Waals surface area contributed by atoms with Crippen LogP contribution >= 0.6 is 23.2 Å². The molecule has 2 aromatic rings. The largest absolute Gasteiger partial charge is 0.419 e. The summed E-state index contributed by atoms with van der Waals surface area (Å²) in [5.41, 5.74) is 4.48. The first-order chi connectivity index (χ1) is 9.25. The normalized spacial score (nSPS) is 11.4. The lowest BCUT2D eigenvalue weighted by Gasteiger charge is -2.12. The molecule has 0 bridgehead atoms. The maximum absolute atomic E-state index is 12.6. The number of alkyl halides is 3. The van der Waals surface area contributed by atoms with Crippen LogP contribution in [0.25, 0.3) is 5.82 Å². The van der Waals surface area contributed by atoms with Crippen LogP contribution in [0.2, 0.25) is 10.2 Å². The van der Waals surface area contributed by atoms with Gasteiger partial charge >= 0.3 is 6.18 Å². The first kappa shape index (κ1) is 14.4. The average molecular weight is 322 g/mol. The van der Waals surface area contributed by atoms with Crippen molar-refractivity contribution in [3.63, 3.8) is 0 Å². The highest BCUT2D eigenvalue weighted by Gasteiger charge is 2.35. The highest BCUT2D eigenvalue weighted by Crippen LogP contribution is 2.37. The summed E-state index contributed by atoms with van der Waals surface area (Å²) in [6.07, 6.45) is -3.54. The van der Waals surface area contributed by atoms with Crippen LogP contribution in [-0.2, 0) is 6.18 Å². The first-order valence-electron chi connectivity index (χ1n) is 4.93. The first-order valence-corrected chi connectivity index (χ1v) is 5.68. The van der Waals surface area contributed by atoms with Gasteiger partial charge in [0, 0.05) is 0 Å². The van der Waals surface area contributed by atoms with Gasteiger partial charge in [0.2, 0.25) is 0 Å². The monoisotopic (exact) mass is 321 g/mol. The Morgan fingerprint density at radius 2 is 2.00 bits per heavy atom. The summed E-state index contributed by atoms with van der Waals surface area (Å²) in [7, 11) is 0. The van der Waals surface area contributed by atoms with Crippen molar-refractivity contribution >= 4 is 29.0 Å². The fourth-order valence-corrected chi connectivity index (χ4v) is 1.89. The fraction of sp³-hybridized carbons (Fsp3) is 0.100. The maximum Gasteiger partial charge on any atom is 0.419 e. The minimum absolute atomic E-state index is 0.0406. The molecule has 0 aromatic carbocycles. The summed E-state index contributed by atoms with van der Waals surface area (Å²) in [4.78, 5) is 3.54. The van der Waals surface area contributed by atoms with Gasteiger partial charge in [-0.1, -0.05) is 23.2 Å². The number of aromatic nitrogens is 3. The van der Waals surface area contributed by atoms with E-state index >= 15 is 0 Å². The third kappa shape index (κ3) is 2.37. The lowest BCUT2D eigenvalue weighted by molar-refractivity contribution is -0.137.